The van der Waals surface area contributed by atoms with Gasteiger partial charge in [0.2, 0.25) is 0 Å². The van der Waals surface area contributed by atoms with Gasteiger partial charge in [-0.3, -0.25) is 9.80 Å². The van der Waals surface area contributed by atoms with Gasteiger partial charge < -0.3 is 4.40 Å². The van der Waals surface area contributed by atoms with Crippen LogP contribution in [0.2, 0.25) is 0 Å². The van der Waals surface area contributed by atoms with Crippen molar-refractivity contribution in [2.45, 2.75) is 45.2 Å². The Labute approximate surface area is 144 Å². The van der Waals surface area contributed by atoms with E-state index in [1.165, 1.54) is 63.1 Å². The quantitative estimate of drug-likeness (QED) is 0.864. The number of hydrogen-bond donors (Lipinski definition) is 0. The smallest absolute Gasteiger partial charge is 0.139 e. The fourth-order valence-electron chi connectivity index (χ4n) is 4.77. The zero-order valence-electron chi connectivity index (χ0n) is 14.7. The van der Waals surface area contributed by atoms with E-state index in [9.17, 15) is 0 Å². The fourth-order valence-corrected chi connectivity index (χ4v) is 4.77. The van der Waals surface area contributed by atoms with Crippen molar-refractivity contribution in [2.24, 2.45) is 11.8 Å². The molecule has 2 bridgehead atoms. The number of piperidine rings is 1. The molecule has 3 aliphatic heterocycles. The summed E-state index contributed by atoms with van der Waals surface area (Å²) in [6.45, 7) is 8.34. The molecule has 0 N–H and O–H groups in total. The van der Waals surface area contributed by atoms with E-state index < -0.39 is 0 Å². The van der Waals surface area contributed by atoms with E-state index in [1.807, 2.05) is 0 Å². The highest BCUT2D eigenvalue weighted by atomic mass is 15.3. The van der Waals surface area contributed by atoms with E-state index in [-0.39, 0.29) is 0 Å². The highest BCUT2D eigenvalue weighted by molar-refractivity contribution is 5.47. The summed E-state index contributed by atoms with van der Waals surface area (Å²) in [6, 6.07) is 5.03. The molecule has 5 heterocycles. The first kappa shape index (κ1) is 14.9. The van der Waals surface area contributed by atoms with Crippen molar-refractivity contribution in [3.8, 4) is 0 Å². The Balaban J connectivity index is 1.32. The van der Waals surface area contributed by atoms with Crippen LogP contribution in [0.5, 0.6) is 0 Å². The molecule has 4 heteroatoms. The fraction of sp³-hybridized carbons (Fsp3) is 0.650. The molecule has 24 heavy (non-hydrogen) atoms. The third-order valence-corrected chi connectivity index (χ3v) is 6.21. The number of hydrogen-bond acceptors (Lipinski definition) is 3. The molecule has 2 aromatic heterocycles. The van der Waals surface area contributed by atoms with Gasteiger partial charge in [0, 0.05) is 51.2 Å². The topological polar surface area (TPSA) is 23.8 Å². The first-order valence-electron chi connectivity index (χ1n) is 9.64. The number of nitrogens with zero attached hydrogens (tertiary/aromatic N) is 4. The molecule has 0 amide bonds. The minimum absolute atomic E-state index is 0.781. The molecule has 0 unspecified atom stereocenters. The predicted molar refractivity (Wildman–Crippen MR) is 96.0 cm³/mol. The number of aromatic nitrogens is 2. The lowest BCUT2D eigenvalue weighted by molar-refractivity contribution is 0.125. The Kier molecular flexibility index (Phi) is 3.64. The standard InChI is InChI=1S/C20H28N4/c1-15-3-2-8-23-13-18(21-20(15)23)12-22-9-17-6-7-19(14-22)24(11-17)10-16-4-5-16/h2-3,8,13,16-17,19H,4-7,9-12,14H2,1H3/t17-,19+/m0/s1. The van der Waals surface area contributed by atoms with Crippen LogP contribution in [0.25, 0.3) is 5.65 Å². The Morgan fingerprint density at radius 1 is 1.12 bits per heavy atom. The Morgan fingerprint density at radius 3 is 2.88 bits per heavy atom. The van der Waals surface area contributed by atoms with Crippen molar-refractivity contribution in [3.05, 3.63) is 35.8 Å². The molecule has 4 nitrogen and oxygen atoms in total. The molecule has 0 radical (unpaired) electrons. The number of rotatable bonds is 4. The summed E-state index contributed by atoms with van der Waals surface area (Å²) in [5.74, 6) is 1.88. The summed E-state index contributed by atoms with van der Waals surface area (Å²) >= 11 is 0. The first-order valence-corrected chi connectivity index (χ1v) is 9.64. The lowest BCUT2D eigenvalue weighted by atomic mass is 9.95. The lowest BCUT2D eigenvalue weighted by Gasteiger charge is -2.36. The molecule has 0 spiro atoms. The van der Waals surface area contributed by atoms with Crippen LogP contribution in [0.1, 0.15) is 36.9 Å². The van der Waals surface area contributed by atoms with Crippen LogP contribution in [-0.2, 0) is 6.54 Å². The second kappa shape index (κ2) is 5.85. The average Bonchev–Trinajstić information content (AvgIpc) is 3.33. The monoisotopic (exact) mass is 324 g/mol. The maximum Gasteiger partial charge on any atom is 0.139 e. The predicted octanol–water partition coefficient (Wildman–Crippen LogP) is 2.95. The van der Waals surface area contributed by atoms with Crippen LogP contribution in [0.3, 0.4) is 0 Å². The van der Waals surface area contributed by atoms with Gasteiger partial charge in [0.1, 0.15) is 5.65 Å². The van der Waals surface area contributed by atoms with Gasteiger partial charge in [-0.2, -0.15) is 0 Å². The van der Waals surface area contributed by atoms with Gasteiger partial charge in [-0.25, -0.2) is 4.98 Å². The molecule has 128 valence electrons. The molecule has 6 rings (SSSR count). The Morgan fingerprint density at radius 2 is 2.04 bits per heavy atom. The average molecular weight is 324 g/mol. The highest BCUT2D eigenvalue weighted by Crippen LogP contribution is 2.35. The van der Waals surface area contributed by atoms with Crippen LogP contribution in [-0.4, -0.2) is 51.4 Å². The number of imidazole rings is 1. The second-order valence-electron chi connectivity index (χ2n) is 8.34. The van der Waals surface area contributed by atoms with Gasteiger partial charge in [0.05, 0.1) is 5.69 Å². The number of pyridine rings is 1. The maximum absolute atomic E-state index is 4.89. The molecule has 4 fully saturated rings. The summed E-state index contributed by atoms with van der Waals surface area (Å²) in [7, 11) is 0. The number of fused-ring (bicyclic) bond motifs is 5. The Bertz CT molecular complexity index is 732. The lowest BCUT2D eigenvalue weighted by Crippen LogP contribution is -2.44. The molecule has 4 aliphatic rings. The van der Waals surface area contributed by atoms with E-state index in [1.54, 1.807) is 0 Å². The molecular weight excluding hydrogens is 296 g/mol. The van der Waals surface area contributed by atoms with Crippen molar-refractivity contribution in [1.82, 2.24) is 19.2 Å². The third-order valence-electron chi connectivity index (χ3n) is 6.21. The van der Waals surface area contributed by atoms with Gasteiger partial charge >= 0.3 is 0 Å². The molecule has 1 saturated carbocycles. The molecule has 1 aliphatic carbocycles. The summed E-state index contributed by atoms with van der Waals surface area (Å²) in [4.78, 5) is 10.4. The van der Waals surface area contributed by atoms with E-state index in [2.05, 4.69) is 45.7 Å². The van der Waals surface area contributed by atoms with Crippen molar-refractivity contribution < 1.29 is 0 Å². The van der Waals surface area contributed by atoms with E-state index in [4.69, 9.17) is 4.98 Å². The van der Waals surface area contributed by atoms with Crippen molar-refractivity contribution >= 4 is 5.65 Å². The molecule has 0 aromatic carbocycles. The van der Waals surface area contributed by atoms with E-state index >= 15 is 0 Å². The van der Waals surface area contributed by atoms with Gasteiger partial charge in [-0.05, 0) is 56.1 Å². The largest absolute Gasteiger partial charge is 0.307 e. The molecular formula is C20H28N4. The van der Waals surface area contributed by atoms with E-state index in [0.717, 1.165) is 30.1 Å². The highest BCUT2D eigenvalue weighted by Gasteiger charge is 2.37. The van der Waals surface area contributed by atoms with Crippen molar-refractivity contribution in [2.75, 3.05) is 26.2 Å². The van der Waals surface area contributed by atoms with E-state index in [0.29, 0.717) is 0 Å². The van der Waals surface area contributed by atoms with Gasteiger partial charge in [0.15, 0.2) is 0 Å². The van der Waals surface area contributed by atoms with Gasteiger partial charge in [-0.1, -0.05) is 6.07 Å². The zero-order valence-corrected chi connectivity index (χ0v) is 14.7. The molecule has 3 saturated heterocycles. The van der Waals surface area contributed by atoms with Crippen LogP contribution in [0.15, 0.2) is 24.5 Å². The van der Waals surface area contributed by atoms with Gasteiger partial charge in [-0.15, -0.1) is 0 Å². The molecule has 2 atom stereocenters. The normalized spacial score (nSPS) is 28.5. The van der Waals surface area contributed by atoms with Crippen LogP contribution in [0, 0.1) is 18.8 Å². The van der Waals surface area contributed by atoms with Crippen molar-refractivity contribution in [1.29, 1.82) is 0 Å². The maximum atomic E-state index is 4.89. The van der Waals surface area contributed by atoms with Gasteiger partial charge in [0.25, 0.3) is 0 Å². The van der Waals surface area contributed by atoms with Crippen LogP contribution < -0.4 is 0 Å². The summed E-state index contributed by atoms with van der Waals surface area (Å²) < 4.78 is 2.18. The second-order valence-corrected chi connectivity index (χ2v) is 8.34. The Hall–Kier alpha value is -1.39. The molecule has 2 aromatic rings. The minimum Gasteiger partial charge on any atom is -0.307 e. The van der Waals surface area contributed by atoms with Crippen LogP contribution in [0.4, 0.5) is 0 Å². The van der Waals surface area contributed by atoms with Crippen molar-refractivity contribution in [3.63, 3.8) is 0 Å². The van der Waals surface area contributed by atoms with Crippen LogP contribution >= 0.6 is 0 Å². The number of aryl methyl sites for hydroxylation is 1. The summed E-state index contributed by atoms with van der Waals surface area (Å²) in [5.41, 5.74) is 3.59. The first-order chi connectivity index (χ1) is 11.7. The third kappa shape index (κ3) is 2.86. The minimum atomic E-state index is 0.781. The summed E-state index contributed by atoms with van der Waals surface area (Å²) in [6.07, 6.45) is 10.1. The SMILES string of the molecule is Cc1cccn2cc(CN3C[C@@H]4CC[C@H](C3)N(CC3CC3)C4)nc12. The zero-order chi connectivity index (χ0) is 16.1. The summed E-state index contributed by atoms with van der Waals surface area (Å²) in [5, 5.41) is 0.